The van der Waals surface area contributed by atoms with E-state index in [2.05, 4.69) is 80.5 Å². The second kappa shape index (κ2) is 9.55. The first-order chi connectivity index (χ1) is 10.8. The van der Waals surface area contributed by atoms with Gasteiger partial charge in [0.25, 0.3) is 0 Å². The van der Waals surface area contributed by atoms with Gasteiger partial charge in [-0.3, -0.25) is 0 Å². The van der Waals surface area contributed by atoms with Crippen LogP contribution in [0.5, 0.6) is 0 Å². The normalized spacial score (nSPS) is 12.4. The molecule has 0 N–H and O–H groups in total. The maximum Gasteiger partial charge on any atom is 0 e. The molecule has 25 heavy (non-hydrogen) atoms. The van der Waals surface area contributed by atoms with Crippen LogP contribution >= 0.6 is 7.92 Å². The first-order valence-electron chi connectivity index (χ1n) is 9.03. The van der Waals surface area contributed by atoms with Crippen LogP contribution in [-0.4, -0.2) is 10.3 Å². The van der Waals surface area contributed by atoms with Gasteiger partial charge < -0.3 is 30.3 Å². The van der Waals surface area contributed by atoms with Crippen molar-refractivity contribution >= 4 is 7.92 Å². The number of hydrogen-bond donors (Lipinski definition) is 0. The van der Waals surface area contributed by atoms with Gasteiger partial charge in [0.2, 0.25) is 0 Å². The van der Waals surface area contributed by atoms with Gasteiger partial charge in [-0.2, -0.15) is 11.6 Å². The van der Waals surface area contributed by atoms with Crippen molar-refractivity contribution in [2.45, 2.75) is 84.2 Å². The largest absolute Gasteiger partial charge is 0.748 e. The summed E-state index contributed by atoms with van der Waals surface area (Å²) in [5.41, 5.74) is 3.37. The topological polar surface area (TPSA) is 0 Å². The molecule has 0 radical (unpaired) electrons. The fraction of sp³-hybridized carbons (Fsp3) is 0.565. The molecule has 0 spiro atoms. The molecule has 0 nitrogen and oxygen atoms in total. The van der Waals surface area contributed by atoms with Crippen molar-refractivity contribution in [2.24, 2.45) is 0 Å². The Labute approximate surface area is 168 Å². The Morgan fingerprint density at radius 3 is 1.52 bits per heavy atom. The van der Waals surface area contributed by atoms with Gasteiger partial charge in [0.15, 0.2) is 0 Å². The van der Waals surface area contributed by atoms with E-state index in [1.807, 2.05) is 30.3 Å². The predicted molar refractivity (Wildman–Crippen MR) is 113 cm³/mol. The molecular formula is C23H37FeP-6. The molecule has 0 atom stereocenters. The van der Waals surface area contributed by atoms with Gasteiger partial charge in [-0.05, 0) is 15.7 Å². The summed E-state index contributed by atoms with van der Waals surface area (Å²) in [7, 11) is -0.0567. The van der Waals surface area contributed by atoms with Crippen molar-refractivity contribution in [3.05, 3.63) is 59.7 Å². The van der Waals surface area contributed by atoms with E-state index in [0.717, 1.165) is 0 Å². The average molecular weight is 400 g/mol. The Kier molecular flexibility index (Phi) is 9.41. The maximum atomic E-state index is 2.41. The van der Waals surface area contributed by atoms with Gasteiger partial charge in [0.05, 0.1) is 0 Å². The second-order valence-corrected chi connectivity index (χ2v) is 13.5. The maximum absolute atomic E-state index is 2.41. The number of hydrogen-bond acceptors (Lipinski definition) is 0. The summed E-state index contributed by atoms with van der Waals surface area (Å²) in [5.74, 6) is 0. The third-order valence-electron chi connectivity index (χ3n) is 4.22. The predicted octanol–water partition coefficient (Wildman–Crippen LogP) is 7.68. The summed E-state index contributed by atoms with van der Waals surface area (Å²) in [6.07, 6.45) is 1.25. The molecule has 2 rings (SSSR count). The molecular weight excluding hydrogens is 363 g/mol. The third kappa shape index (κ3) is 8.25. The zero-order valence-electron chi connectivity index (χ0n) is 17.6. The Hall–Kier alpha value is -0.351. The summed E-state index contributed by atoms with van der Waals surface area (Å²) in [5, 5.41) is 0.806. The molecule has 2 aromatic carbocycles. The second-order valence-electron chi connectivity index (χ2n) is 9.60. The van der Waals surface area contributed by atoms with Crippen LogP contribution in [0.4, 0.5) is 0 Å². The average Bonchev–Trinajstić information content (AvgIpc) is 3.06. The summed E-state index contributed by atoms with van der Waals surface area (Å²) in [4.78, 5) is 0. The van der Waals surface area contributed by atoms with Gasteiger partial charge in [-0.1, -0.05) is 68.5 Å². The van der Waals surface area contributed by atoms with E-state index in [9.17, 15) is 0 Å². The van der Waals surface area contributed by atoms with E-state index in [-0.39, 0.29) is 30.4 Å². The molecule has 0 aliphatic rings. The first kappa shape index (κ1) is 24.6. The van der Waals surface area contributed by atoms with Crippen molar-refractivity contribution in [3.8, 4) is 0 Å². The molecule has 0 saturated carbocycles. The summed E-state index contributed by atoms with van der Waals surface area (Å²) in [6.45, 7) is 21.4. The summed E-state index contributed by atoms with van der Waals surface area (Å²) < 4.78 is 0. The molecule has 2 aromatic rings. The minimum absolute atomic E-state index is 0. The number of rotatable bonds is 2. The van der Waals surface area contributed by atoms with E-state index in [4.69, 9.17) is 0 Å². The summed E-state index contributed by atoms with van der Waals surface area (Å²) in [6, 6.07) is 16.9. The Bertz CT molecular complexity index is 540. The smallest absolute Gasteiger partial charge is 0 e. The molecule has 0 unspecified atom stereocenters. The Morgan fingerprint density at radius 1 is 0.800 bits per heavy atom. The van der Waals surface area contributed by atoms with Crippen LogP contribution in [0, 0.1) is 0 Å². The molecule has 0 aliphatic heterocycles. The zero-order chi connectivity index (χ0) is 18.6. The monoisotopic (exact) mass is 400 g/mol. The third-order valence-corrected chi connectivity index (χ3v) is 8.11. The van der Waals surface area contributed by atoms with Crippen molar-refractivity contribution in [1.29, 1.82) is 0 Å². The van der Waals surface area contributed by atoms with Gasteiger partial charge in [-0.25, -0.2) is 12.1 Å². The first-order valence-corrected chi connectivity index (χ1v) is 10.6. The zero-order valence-corrected chi connectivity index (χ0v) is 19.6. The van der Waals surface area contributed by atoms with Gasteiger partial charge >= 0.3 is 0 Å². The van der Waals surface area contributed by atoms with Crippen molar-refractivity contribution in [3.63, 3.8) is 0 Å². The molecule has 0 heterocycles. The molecule has 0 amide bonds. The van der Waals surface area contributed by atoms with Crippen LogP contribution < -0.4 is 0 Å². The Morgan fingerprint density at radius 2 is 1.20 bits per heavy atom. The van der Waals surface area contributed by atoms with E-state index < -0.39 is 0 Å². The van der Waals surface area contributed by atoms with Gasteiger partial charge in [-0.15, -0.1) is 13.5 Å². The molecule has 0 bridgehead atoms. The van der Waals surface area contributed by atoms with Crippen LogP contribution in [0.25, 0.3) is 0 Å². The quantitative estimate of drug-likeness (QED) is 0.275. The van der Waals surface area contributed by atoms with Gasteiger partial charge in [0.1, 0.15) is 0 Å². The van der Waals surface area contributed by atoms with Crippen molar-refractivity contribution < 1.29 is 17.1 Å². The fourth-order valence-corrected chi connectivity index (χ4v) is 6.88. The van der Waals surface area contributed by atoms with E-state index >= 15 is 0 Å². The van der Waals surface area contributed by atoms with Crippen LogP contribution in [0.3, 0.4) is 0 Å². The van der Waals surface area contributed by atoms with Crippen LogP contribution in [0.15, 0.2) is 48.5 Å². The molecule has 0 fully saturated rings. The Balaban J connectivity index is 0.000000820. The SMILES string of the molecule is CC(C)(C)c1ccc[c-]1CP(C(C)(C)C)C(C)(C)C.[Fe].[cH-]1[cH-][cH-][cH-][cH-]1. The molecule has 0 saturated heterocycles. The van der Waals surface area contributed by atoms with Crippen LogP contribution in [-0.2, 0) is 28.6 Å². The molecule has 148 valence electrons. The van der Waals surface area contributed by atoms with Crippen LogP contribution in [0.2, 0.25) is 0 Å². The van der Waals surface area contributed by atoms with Crippen molar-refractivity contribution in [2.75, 3.05) is 0 Å². The van der Waals surface area contributed by atoms with Crippen LogP contribution in [0.1, 0.15) is 73.4 Å². The van der Waals surface area contributed by atoms with E-state index in [1.165, 1.54) is 11.7 Å². The molecule has 0 aromatic heterocycles. The molecule has 2 heteroatoms. The van der Waals surface area contributed by atoms with Gasteiger partial charge in [0, 0.05) is 17.1 Å². The summed E-state index contributed by atoms with van der Waals surface area (Å²) >= 11 is 0. The minimum Gasteiger partial charge on any atom is -0.748 e. The van der Waals surface area contributed by atoms with Crippen molar-refractivity contribution in [1.82, 2.24) is 0 Å². The van der Waals surface area contributed by atoms with E-state index in [1.54, 1.807) is 5.56 Å². The standard InChI is InChI=1S/C18H32P.C5H5.Fe/c1-16(2,3)15-12-10-11-14(15)13-19(17(4,5)6)18(7,8)9;1-2-4-5-3-1;/h10-12H,13H2,1-9H3;1-5H;/q-1;-5;. The molecule has 0 aliphatic carbocycles. The minimum atomic E-state index is -0.0567. The fourth-order valence-electron chi connectivity index (χ4n) is 3.30. The van der Waals surface area contributed by atoms with E-state index in [0.29, 0.717) is 10.3 Å².